The fourth-order valence-electron chi connectivity index (χ4n) is 0.780. The van der Waals surface area contributed by atoms with Gasteiger partial charge in [0.05, 0.1) is 6.20 Å². The number of oxazole rings is 1. The van der Waals surface area contributed by atoms with Gasteiger partial charge in [-0.25, -0.2) is 4.98 Å². The molecule has 0 aliphatic rings. The molecule has 0 amide bonds. The highest BCUT2D eigenvalue weighted by Crippen LogP contribution is 2.13. The van der Waals surface area contributed by atoms with Crippen LogP contribution in [0.3, 0.4) is 0 Å². The van der Waals surface area contributed by atoms with Gasteiger partial charge in [-0.2, -0.15) is 0 Å². The van der Waals surface area contributed by atoms with Crippen LogP contribution in [0.1, 0.15) is 19.6 Å². The predicted molar refractivity (Wildman–Crippen MR) is 42.7 cm³/mol. The predicted octanol–water partition coefficient (Wildman–Crippen LogP) is 2.64. The minimum Gasteiger partial charge on any atom is -0.436 e. The second-order valence-corrected chi connectivity index (χ2v) is 3.36. The average Bonchev–Trinajstić information content (AvgIpc) is 2.13. The third-order valence-electron chi connectivity index (χ3n) is 1.13. The molecule has 10 heavy (non-hydrogen) atoms. The minimum absolute atomic E-state index is 0.572. The van der Waals surface area contributed by atoms with Crippen LogP contribution in [0.5, 0.6) is 0 Å². The summed E-state index contributed by atoms with van der Waals surface area (Å²) >= 11 is 3.14. The molecule has 2 nitrogen and oxygen atoms in total. The van der Waals surface area contributed by atoms with E-state index in [1.165, 1.54) is 0 Å². The van der Waals surface area contributed by atoms with Gasteiger partial charge in [-0.15, -0.1) is 0 Å². The Morgan fingerprint density at radius 3 is 2.80 bits per heavy atom. The van der Waals surface area contributed by atoms with Crippen LogP contribution in [0.15, 0.2) is 15.4 Å². The molecule has 0 spiro atoms. The van der Waals surface area contributed by atoms with Crippen molar-refractivity contribution >= 4 is 15.9 Å². The molecule has 0 aromatic carbocycles. The molecular formula is C7H10BrNO. The van der Waals surface area contributed by atoms with E-state index in [-0.39, 0.29) is 0 Å². The smallest absolute Gasteiger partial charge is 0.264 e. The normalized spacial score (nSPS) is 10.8. The van der Waals surface area contributed by atoms with E-state index in [4.69, 9.17) is 4.42 Å². The van der Waals surface area contributed by atoms with Gasteiger partial charge in [0.25, 0.3) is 4.80 Å². The van der Waals surface area contributed by atoms with Gasteiger partial charge in [0.1, 0.15) is 5.76 Å². The van der Waals surface area contributed by atoms with Gasteiger partial charge in [0, 0.05) is 22.4 Å². The molecule has 0 unspecified atom stereocenters. The van der Waals surface area contributed by atoms with E-state index in [0.717, 1.165) is 12.2 Å². The Bertz CT molecular complexity index is 207. The highest BCUT2D eigenvalue weighted by Gasteiger charge is 2.02. The molecule has 0 atom stereocenters. The summed E-state index contributed by atoms with van der Waals surface area (Å²) in [5.74, 6) is 1.57. The molecule has 56 valence electrons. The van der Waals surface area contributed by atoms with Crippen LogP contribution in [0.25, 0.3) is 0 Å². The van der Waals surface area contributed by atoms with Crippen molar-refractivity contribution in [1.82, 2.24) is 4.98 Å². The molecule has 0 aliphatic heterocycles. The molecule has 1 aromatic rings. The summed E-state index contributed by atoms with van der Waals surface area (Å²) < 4.78 is 5.20. The van der Waals surface area contributed by atoms with Gasteiger partial charge >= 0.3 is 0 Å². The Morgan fingerprint density at radius 2 is 2.40 bits per heavy atom. The topological polar surface area (TPSA) is 26.0 Å². The molecular weight excluding hydrogens is 194 g/mol. The summed E-state index contributed by atoms with van der Waals surface area (Å²) in [7, 11) is 0. The molecule has 1 heterocycles. The lowest BCUT2D eigenvalue weighted by molar-refractivity contribution is 0.451. The molecule has 1 rings (SSSR count). The molecule has 1 aromatic heterocycles. The first-order valence-corrected chi connectivity index (χ1v) is 4.08. The lowest BCUT2D eigenvalue weighted by Crippen LogP contribution is -1.90. The van der Waals surface area contributed by atoms with E-state index in [2.05, 4.69) is 34.8 Å². The van der Waals surface area contributed by atoms with Crippen molar-refractivity contribution in [1.29, 1.82) is 0 Å². The average molecular weight is 204 g/mol. The monoisotopic (exact) mass is 203 g/mol. The second kappa shape index (κ2) is 3.19. The zero-order chi connectivity index (χ0) is 7.56. The number of halogens is 1. The number of rotatable bonds is 2. The van der Waals surface area contributed by atoms with Crippen molar-refractivity contribution < 1.29 is 4.42 Å². The highest BCUT2D eigenvalue weighted by atomic mass is 79.9. The van der Waals surface area contributed by atoms with Crippen molar-refractivity contribution in [3.63, 3.8) is 0 Å². The molecule has 3 heteroatoms. The van der Waals surface area contributed by atoms with Crippen LogP contribution in [-0.2, 0) is 6.42 Å². The first-order valence-electron chi connectivity index (χ1n) is 3.28. The summed E-state index contributed by atoms with van der Waals surface area (Å²) in [4.78, 5) is 4.49. The third kappa shape index (κ3) is 2.14. The fraction of sp³-hybridized carbons (Fsp3) is 0.571. The van der Waals surface area contributed by atoms with E-state index in [1.54, 1.807) is 6.20 Å². The van der Waals surface area contributed by atoms with E-state index in [1.807, 2.05) is 0 Å². The molecule has 0 N–H and O–H groups in total. The Kier molecular flexibility index (Phi) is 2.49. The number of aromatic nitrogens is 1. The summed E-state index contributed by atoms with van der Waals surface area (Å²) in [5, 5.41) is 0. The van der Waals surface area contributed by atoms with Gasteiger partial charge in [-0.05, 0) is 5.92 Å². The maximum Gasteiger partial charge on any atom is 0.264 e. The van der Waals surface area contributed by atoms with Crippen molar-refractivity contribution in [2.24, 2.45) is 5.92 Å². The van der Waals surface area contributed by atoms with Crippen LogP contribution in [0.4, 0.5) is 0 Å². The van der Waals surface area contributed by atoms with E-state index in [9.17, 15) is 0 Å². The standard InChI is InChI=1S/C7H10BrNO/c1-5(2)3-6-4-9-7(8)10-6/h4-5H,3H2,1-2H3. The second-order valence-electron chi connectivity index (χ2n) is 2.68. The Labute approximate surface area is 68.8 Å². The van der Waals surface area contributed by atoms with Gasteiger partial charge in [0.2, 0.25) is 0 Å². The summed E-state index contributed by atoms with van der Waals surface area (Å²) in [5.41, 5.74) is 0. The maximum absolute atomic E-state index is 5.20. The Morgan fingerprint density at radius 1 is 1.70 bits per heavy atom. The first kappa shape index (κ1) is 7.79. The number of hydrogen-bond acceptors (Lipinski definition) is 2. The van der Waals surface area contributed by atoms with Crippen LogP contribution in [-0.4, -0.2) is 4.98 Å². The highest BCUT2D eigenvalue weighted by molar-refractivity contribution is 9.10. The summed E-state index contributed by atoms with van der Waals surface area (Å²) in [6.07, 6.45) is 2.71. The zero-order valence-electron chi connectivity index (χ0n) is 6.10. The molecule has 0 saturated heterocycles. The van der Waals surface area contributed by atoms with Crippen LogP contribution in [0, 0.1) is 5.92 Å². The van der Waals surface area contributed by atoms with Crippen LogP contribution in [0.2, 0.25) is 0 Å². The van der Waals surface area contributed by atoms with Crippen LogP contribution < -0.4 is 0 Å². The van der Waals surface area contributed by atoms with Gasteiger partial charge in [-0.3, -0.25) is 0 Å². The van der Waals surface area contributed by atoms with Crippen molar-refractivity contribution in [2.45, 2.75) is 20.3 Å². The lowest BCUT2D eigenvalue weighted by atomic mass is 10.1. The Balaban J connectivity index is 2.58. The Hall–Kier alpha value is -0.310. The quantitative estimate of drug-likeness (QED) is 0.739. The SMILES string of the molecule is CC(C)Cc1cnc(Br)o1. The van der Waals surface area contributed by atoms with Gasteiger partial charge in [-0.1, -0.05) is 13.8 Å². The minimum atomic E-state index is 0.572. The van der Waals surface area contributed by atoms with E-state index in [0.29, 0.717) is 10.7 Å². The molecule has 0 radical (unpaired) electrons. The van der Waals surface area contributed by atoms with Gasteiger partial charge < -0.3 is 4.42 Å². The summed E-state index contributed by atoms with van der Waals surface area (Å²) in [6.45, 7) is 4.30. The van der Waals surface area contributed by atoms with Gasteiger partial charge in [0.15, 0.2) is 0 Å². The number of nitrogens with zero attached hydrogens (tertiary/aromatic N) is 1. The molecule has 0 fully saturated rings. The van der Waals surface area contributed by atoms with Crippen molar-refractivity contribution in [3.05, 3.63) is 16.8 Å². The number of hydrogen-bond donors (Lipinski definition) is 0. The zero-order valence-corrected chi connectivity index (χ0v) is 7.68. The first-order chi connectivity index (χ1) is 4.68. The molecule has 0 saturated carbocycles. The fourth-order valence-corrected chi connectivity index (χ4v) is 1.09. The molecule has 0 aliphatic carbocycles. The van der Waals surface area contributed by atoms with Crippen LogP contribution >= 0.6 is 15.9 Å². The molecule has 0 bridgehead atoms. The maximum atomic E-state index is 5.20. The van der Waals surface area contributed by atoms with Crippen molar-refractivity contribution in [3.8, 4) is 0 Å². The van der Waals surface area contributed by atoms with E-state index < -0.39 is 0 Å². The summed E-state index contributed by atoms with van der Waals surface area (Å²) in [6, 6.07) is 0. The third-order valence-corrected chi connectivity index (χ3v) is 1.50. The van der Waals surface area contributed by atoms with Crippen molar-refractivity contribution in [2.75, 3.05) is 0 Å². The largest absolute Gasteiger partial charge is 0.436 e. The lowest BCUT2D eigenvalue weighted by Gasteiger charge is -1.97. The van der Waals surface area contributed by atoms with E-state index >= 15 is 0 Å².